The van der Waals surface area contributed by atoms with E-state index >= 15 is 0 Å². The Labute approximate surface area is 107 Å². The molecule has 0 saturated heterocycles. The Morgan fingerprint density at radius 2 is 2.17 bits per heavy atom. The molecule has 18 heavy (non-hydrogen) atoms. The lowest BCUT2D eigenvalue weighted by atomic mass is 10.1. The minimum absolute atomic E-state index is 0.00114. The smallest absolute Gasteiger partial charge is 0.239 e. The highest BCUT2D eigenvalue weighted by atomic mass is 16.1. The molecule has 0 aliphatic carbocycles. The number of nitrogens with one attached hydrogen (secondary N) is 3. The third-order valence-electron chi connectivity index (χ3n) is 1.96. The van der Waals surface area contributed by atoms with E-state index < -0.39 is 0 Å². The number of carbonyl (C=O) groups excluding carboxylic acids is 1. The molecule has 1 aromatic heterocycles. The van der Waals surface area contributed by atoms with E-state index in [2.05, 4.69) is 26.0 Å². The van der Waals surface area contributed by atoms with E-state index in [1.807, 2.05) is 20.8 Å². The third kappa shape index (κ3) is 5.44. The molecule has 5 N–H and O–H groups in total. The Kier molecular flexibility index (Phi) is 4.85. The molecular weight excluding hydrogens is 232 g/mol. The van der Waals surface area contributed by atoms with Gasteiger partial charge < -0.3 is 10.6 Å². The molecule has 7 nitrogen and oxygen atoms in total. The average molecular weight is 252 g/mol. The first-order valence-electron chi connectivity index (χ1n) is 5.75. The van der Waals surface area contributed by atoms with Gasteiger partial charge in [0.25, 0.3) is 0 Å². The zero-order valence-corrected chi connectivity index (χ0v) is 10.9. The van der Waals surface area contributed by atoms with Crippen LogP contribution >= 0.6 is 0 Å². The Hall–Kier alpha value is -1.89. The summed E-state index contributed by atoms with van der Waals surface area (Å²) in [6, 6.07) is 1.71. The number of nitrogens with zero attached hydrogens (tertiary/aromatic N) is 2. The second-order valence-electron chi connectivity index (χ2n) is 4.88. The topological polar surface area (TPSA) is 105 Å². The van der Waals surface area contributed by atoms with Crippen LogP contribution in [0.3, 0.4) is 0 Å². The lowest BCUT2D eigenvalue weighted by Crippen LogP contribution is -2.41. The van der Waals surface area contributed by atoms with Gasteiger partial charge >= 0.3 is 0 Å². The molecule has 1 aromatic rings. The van der Waals surface area contributed by atoms with E-state index in [-0.39, 0.29) is 11.4 Å². The fourth-order valence-electron chi connectivity index (χ4n) is 1.31. The first-order chi connectivity index (χ1) is 8.40. The molecule has 0 atom stereocenters. The molecule has 0 aliphatic heterocycles. The van der Waals surface area contributed by atoms with Crippen LogP contribution in [0.4, 0.5) is 11.8 Å². The van der Waals surface area contributed by atoms with E-state index in [1.54, 1.807) is 12.3 Å². The van der Waals surface area contributed by atoms with Crippen LogP contribution in [0.15, 0.2) is 12.3 Å². The van der Waals surface area contributed by atoms with Crippen LogP contribution in [-0.2, 0) is 4.79 Å². The van der Waals surface area contributed by atoms with Crippen molar-refractivity contribution in [3.8, 4) is 0 Å². The van der Waals surface area contributed by atoms with Gasteiger partial charge in [0.2, 0.25) is 11.9 Å². The van der Waals surface area contributed by atoms with Gasteiger partial charge in [-0.3, -0.25) is 10.2 Å². The zero-order chi connectivity index (χ0) is 13.6. The highest BCUT2D eigenvalue weighted by Gasteiger charge is 2.12. The summed E-state index contributed by atoms with van der Waals surface area (Å²) in [6.07, 6.45) is 1.96. The van der Waals surface area contributed by atoms with Crippen molar-refractivity contribution in [3.63, 3.8) is 0 Å². The first-order valence-corrected chi connectivity index (χ1v) is 5.75. The van der Waals surface area contributed by atoms with E-state index in [4.69, 9.17) is 5.84 Å². The van der Waals surface area contributed by atoms with Crippen LogP contribution in [0.5, 0.6) is 0 Å². The number of aromatic nitrogens is 2. The standard InChI is InChI=1S/C11H20N6O/c1-11(2,3)16-9(18)5-7-13-8-4-6-14-10(15-8)17-12/h4,6H,5,7,12H2,1-3H3,(H,16,18)(H2,13,14,15,17). The van der Waals surface area contributed by atoms with Gasteiger partial charge in [-0.05, 0) is 26.8 Å². The lowest BCUT2D eigenvalue weighted by Gasteiger charge is -2.20. The number of rotatable bonds is 5. The minimum Gasteiger partial charge on any atom is -0.369 e. The Morgan fingerprint density at radius 3 is 2.78 bits per heavy atom. The maximum absolute atomic E-state index is 11.6. The molecule has 0 aromatic carbocycles. The molecule has 1 amide bonds. The molecule has 1 heterocycles. The largest absolute Gasteiger partial charge is 0.369 e. The first kappa shape index (κ1) is 14.2. The van der Waals surface area contributed by atoms with Gasteiger partial charge in [-0.1, -0.05) is 0 Å². The summed E-state index contributed by atoms with van der Waals surface area (Å²) in [6.45, 7) is 6.34. The molecule has 0 spiro atoms. The van der Waals surface area contributed by atoms with Crippen molar-refractivity contribution in [1.82, 2.24) is 15.3 Å². The van der Waals surface area contributed by atoms with Crippen LogP contribution < -0.4 is 21.9 Å². The van der Waals surface area contributed by atoms with Crippen molar-refractivity contribution in [2.45, 2.75) is 32.7 Å². The second kappa shape index (κ2) is 6.15. The predicted molar refractivity (Wildman–Crippen MR) is 70.8 cm³/mol. The maximum atomic E-state index is 11.6. The van der Waals surface area contributed by atoms with Crippen molar-refractivity contribution in [2.24, 2.45) is 5.84 Å². The summed E-state index contributed by atoms with van der Waals surface area (Å²) in [7, 11) is 0. The van der Waals surface area contributed by atoms with Crippen molar-refractivity contribution in [1.29, 1.82) is 0 Å². The van der Waals surface area contributed by atoms with Gasteiger partial charge in [0.15, 0.2) is 0 Å². The van der Waals surface area contributed by atoms with Crippen LogP contribution in [0.25, 0.3) is 0 Å². The zero-order valence-electron chi connectivity index (χ0n) is 10.9. The summed E-state index contributed by atoms with van der Waals surface area (Å²) in [5, 5.41) is 5.91. The number of amides is 1. The molecule has 0 fully saturated rings. The van der Waals surface area contributed by atoms with Crippen molar-refractivity contribution < 1.29 is 4.79 Å². The number of hydrazine groups is 1. The lowest BCUT2D eigenvalue weighted by molar-refractivity contribution is -0.122. The fraction of sp³-hybridized carbons (Fsp3) is 0.545. The van der Waals surface area contributed by atoms with E-state index in [0.29, 0.717) is 24.7 Å². The number of hydrogen-bond donors (Lipinski definition) is 4. The SMILES string of the molecule is CC(C)(C)NC(=O)CCNc1ccnc(NN)n1. The predicted octanol–water partition coefficient (Wildman–Crippen LogP) is 0.479. The fourth-order valence-corrected chi connectivity index (χ4v) is 1.31. The van der Waals surface area contributed by atoms with Crippen LogP contribution in [0.1, 0.15) is 27.2 Å². The van der Waals surface area contributed by atoms with Gasteiger partial charge in [0.05, 0.1) is 0 Å². The highest BCUT2D eigenvalue weighted by Crippen LogP contribution is 2.04. The van der Waals surface area contributed by atoms with Gasteiger partial charge in [0.1, 0.15) is 5.82 Å². The van der Waals surface area contributed by atoms with Gasteiger partial charge in [0, 0.05) is 24.7 Å². The normalized spacial score (nSPS) is 10.9. The molecule has 1 rings (SSSR count). The van der Waals surface area contributed by atoms with Crippen molar-refractivity contribution >= 4 is 17.7 Å². The van der Waals surface area contributed by atoms with Crippen molar-refractivity contribution in [3.05, 3.63) is 12.3 Å². The van der Waals surface area contributed by atoms with E-state index in [9.17, 15) is 4.79 Å². The molecule has 0 saturated carbocycles. The number of hydrogen-bond acceptors (Lipinski definition) is 6. The van der Waals surface area contributed by atoms with Crippen LogP contribution in [0, 0.1) is 0 Å². The van der Waals surface area contributed by atoms with E-state index in [0.717, 1.165) is 0 Å². The summed E-state index contributed by atoms with van der Waals surface area (Å²) in [5.41, 5.74) is 2.15. The highest BCUT2D eigenvalue weighted by molar-refractivity contribution is 5.77. The third-order valence-corrected chi connectivity index (χ3v) is 1.96. The van der Waals surface area contributed by atoms with Gasteiger partial charge in [-0.15, -0.1) is 0 Å². The molecule has 0 aliphatic rings. The maximum Gasteiger partial charge on any atom is 0.239 e. The van der Waals surface area contributed by atoms with Crippen molar-refractivity contribution in [2.75, 3.05) is 17.3 Å². The number of anilines is 2. The Morgan fingerprint density at radius 1 is 1.44 bits per heavy atom. The quantitative estimate of drug-likeness (QED) is 0.449. The molecule has 0 radical (unpaired) electrons. The molecule has 100 valence electrons. The second-order valence-corrected chi connectivity index (χ2v) is 4.88. The summed E-state index contributed by atoms with van der Waals surface area (Å²) in [4.78, 5) is 19.5. The molecule has 0 unspecified atom stereocenters. The number of nitrogen functional groups attached to an aromatic ring is 1. The van der Waals surface area contributed by atoms with Gasteiger partial charge in [-0.25, -0.2) is 10.8 Å². The number of nitrogens with two attached hydrogens (primary N) is 1. The summed E-state index contributed by atoms with van der Waals surface area (Å²) >= 11 is 0. The Bertz CT molecular complexity index is 401. The summed E-state index contributed by atoms with van der Waals surface area (Å²) in [5.74, 6) is 6.16. The molecular formula is C11H20N6O. The Balaban J connectivity index is 2.35. The average Bonchev–Trinajstić information content (AvgIpc) is 2.27. The molecule has 7 heteroatoms. The summed E-state index contributed by atoms with van der Waals surface area (Å²) < 4.78 is 0. The number of carbonyl (C=O) groups is 1. The molecule has 0 bridgehead atoms. The monoisotopic (exact) mass is 252 g/mol. The van der Waals surface area contributed by atoms with Crippen LogP contribution in [0.2, 0.25) is 0 Å². The minimum atomic E-state index is -0.206. The van der Waals surface area contributed by atoms with Gasteiger partial charge in [-0.2, -0.15) is 4.98 Å². The van der Waals surface area contributed by atoms with E-state index in [1.165, 1.54) is 0 Å². The van der Waals surface area contributed by atoms with Crippen LogP contribution in [-0.4, -0.2) is 28.0 Å².